The van der Waals surface area contributed by atoms with Crippen molar-refractivity contribution in [2.24, 2.45) is 0 Å². The molecular formula is C17H19BrFNO5. The van der Waals surface area contributed by atoms with Crippen molar-refractivity contribution < 1.29 is 28.6 Å². The lowest BCUT2D eigenvalue weighted by molar-refractivity contribution is -0.158. The second kappa shape index (κ2) is 5.95. The molecule has 1 amide bonds. The van der Waals surface area contributed by atoms with Crippen LogP contribution < -0.4 is 0 Å². The van der Waals surface area contributed by atoms with E-state index in [-0.39, 0.29) is 12.0 Å². The Morgan fingerprint density at radius 3 is 2.84 bits per heavy atom. The minimum atomic E-state index is -1.50. The lowest BCUT2D eigenvalue weighted by Gasteiger charge is -2.28. The highest BCUT2D eigenvalue weighted by Gasteiger charge is 2.59. The summed E-state index contributed by atoms with van der Waals surface area (Å²) >= 11 is 3.23. The molecule has 8 heteroatoms. The highest BCUT2D eigenvalue weighted by molar-refractivity contribution is 9.10. The molecule has 0 saturated carbocycles. The van der Waals surface area contributed by atoms with E-state index in [2.05, 4.69) is 15.9 Å². The van der Waals surface area contributed by atoms with Crippen LogP contribution >= 0.6 is 15.9 Å². The molecule has 0 aromatic heterocycles. The topological polar surface area (TPSA) is 76.1 Å². The molecule has 2 aliphatic rings. The molecule has 3 rings (SSSR count). The maximum absolute atomic E-state index is 14.5. The van der Waals surface area contributed by atoms with Gasteiger partial charge in [-0.25, -0.2) is 9.18 Å². The van der Waals surface area contributed by atoms with Crippen molar-refractivity contribution in [2.75, 3.05) is 6.54 Å². The summed E-state index contributed by atoms with van der Waals surface area (Å²) in [5, 5.41) is 10.7. The first-order valence-corrected chi connectivity index (χ1v) is 8.71. The standard InChI is InChI=1S/C17H19BrFNO5/c1-16(2,3)24-12(21)8-20-14(22)17(25-15(20)23)5-4-9-6-10(18)7-11(19)13(9)17/h6-7,14,22H,4-5,8H2,1-3H3. The third-order valence-electron chi connectivity index (χ3n) is 4.26. The minimum absolute atomic E-state index is 0.170. The fourth-order valence-electron chi connectivity index (χ4n) is 3.39. The van der Waals surface area contributed by atoms with Crippen molar-refractivity contribution in [2.45, 2.75) is 51.0 Å². The summed E-state index contributed by atoms with van der Waals surface area (Å²) in [6.45, 7) is 4.63. The van der Waals surface area contributed by atoms with Crippen LogP contribution in [0.3, 0.4) is 0 Å². The van der Waals surface area contributed by atoms with Crippen LogP contribution in [0.5, 0.6) is 0 Å². The first-order valence-electron chi connectivity index (χ1n) is 7.91. The van der Waals surface area contributed by atoms with Gasteiger partial charge in [-0.3, -0.25) is 9.69 Å². The molecule has 136 valence electrons. The van der Waals surface area contributed by atoms with Gasteiger partial charge in [0, 0.05) is 16.5 Å². The van der Waals surface area contributed by atoms with Crippen LogP contribution in [-0.4, -0.2) is 40.4 Å². The van der Waals surface area contributed by atoms with E-state index >= 15 is 0 Å². The van der Waals surface area contributed by atoms with E-state index in [0.29, 0.717) is 16.5 Å². The lowest BCUT2D eigenvalue weighted by Crippen LogP contribution is -2.45. The van der Waals surface area contributed by atoms with Crippen LogP contribution in [-0.2, 0) is 26.3 Å². The number of aliphatic hydroxyl groups is 1. The Bertz CT molecular complexity index is 747. The molecule has 1 fully saturated rings. The quantitative estimate of drug-likeness (QED) is 0.751. The average molecular weight is 416 g/mol. The van der Waals surface area contributed by atoms with Crippen molar-refractivity contribution in [3.63, 3.8) is 0 Å². The number of benzene rings is 1. The number of carbonyl (C=O) groups excluding carboxylic acids is 2. The summed E-state index contributed by atoms with van der Waals surface area (Å²) in [6, 6.07) is 3.01. The first kappa shape index (κ1) is 18.1. The maximum atomic E-state index is 14.5. The molecule has 1 saturated heterocycles. The van der Waals surface area contributed by atoms with Crippen molar-refractivity contribution in [1.82, 2.24) is 4.90 Å². The second-order valence-electron chi connectivity index (χ2n) is 7.27. The minimum Gasteiger partial charge on any atom is -0.459 e. The number of rotatable bonds is 2. The molecule has 0 bridgehead atoms. The number of hydrogen-bond donors (Lipinski definition) is 1. The summed E-state index contributed by atoms with van der Waals surface area (Å²) in [4.78, 5) is 25.1. The van der Waals surface area contributed by atoms with Gasteiger partial charge in [0.2, 0.25) is 0 Å². The van der Waals surface area contributed by atoms with Crippen LogP contribution in [0.1, 0.15) is 38.3 Å². The second-order valence-corrected chi connectivity index (χ2v) is 8.18. The van der Waals surface area contributed by atoms with Gasteiger partial charge in [0.05, 0.1) is 0 Å². The highest BCUT2D eigenvalue weighted by atomic mass is 79.9. The normalized spacial score (nSPS) is 25.3. The van der Waals surface area contributed by atoms with Gasteiger partial charge in [-0.15, -0.1) is 0 Å². The van der Waals surface area contributed by atoms with Crippen LogP contribution in [0.25, 0.3) is 0 Å². The lowest BCUT2D eigenvalue weighted by atomic mass is 9.93. The zero-order chi connectivity index (χ0) is 18.6. The summed E-state index contributed by atoms with van der Waals surface area (Å²) in [7, 11) is 0. The SMILES string of the molecule is CC(C)(C)OC(=O)CN1C(=O)OC2(CCc3cc(Br)cc(F)c32)C1O. The fourth-order valence-corrected chi connectivity index (χ4v) is 3.86. The fraction of sp³-hybridized carbons (Fsp3) is 0.529. The largest absolute Gasteiger partial charge is 0.459 e. The van der Waals surface area contributed by atoms with Gasteiger partial charge in [0.1, 0.15) is 18.0 Å². The Balaban J connectivity index is 1.89. The number of amides is 1. The summed E-state index contributed by atoms with van der Waals surface area (Å²) in [5.41, 5.74) is -1.39. The molecule has 1 spiro atoms. The summed E-state index contributed by atoms with van der Waals surface area (Å²) in [6.07, 6.45) is -1.64. The van der Waals surface area contributed by atoms with Gasteiger partial charge in [-0.05, 0) is 44.9 Å². The molecule has 2 unspecified atom stereocenters. The molecule has 1 aromatic rings. The summed E-state index contributed by atoms with van der Waals surface area (Å²) < 4.78 is 25.7. The third kappa shape index (κ3) is 3.13. The van der Waals surface area contributed by atoms with Crippen LogP contribution in [0.4, 0.5) is 9.18 Å². The monoisotopic (exact) mass is 415 g/mol. The molecular weight excluding hydrogens is 397 g/mol. The van der Waals surface area contributed by atoms with E-state index in [4.69, 9.17) is 9.47 Å². The van der Waals surface area contributed by atoms with Crippen molar-refractivity contribution in [3.8, 4) is 0 Å². The molecule has 0 radical (unpaired) electrons. The van der Waals surface area contributed by atoms with Crippen molar-refractivity contribution >= 4 is 28.0 Å². The molecule has 1 aliphatic heterocycles. The van der Waals surface area contributed by atoms with E-state index < -0.39 is 41.9 Å². The number of halogens is 2. The van der Waals surface area contributed by atoms with Gasteiger partial charge in [0.15, 0.2) is 11.8 Å². The Labute approximate surface area is 153 Å². The van der Waals surface area contributed by atoms with Gasteiger partial charge >= 0.3 is 12.1 Å². The summed E-state index contributed by atoms with van der Waals surface area (Å²) in [5.74, 6) is -1.23. The number of ether oxygens (including phenoxy) is 2. The zero-order valence-electron chi connectivity index (χ0n) is 14.1. The van der Waals surface area contributed by atoms with Gasteiger partial charge in [0.25, 0.3) is 0 Å². The first-order chi connectivity index (χ1) is 11.5. The maximum Gasteiger partial charge on any atom is 0.413 e. The highest BCUT2D eigenvalue weighted by Crippen LogP contribution is 2.49. The Morgan fingerprint density at radius 2 is 2.20 bits per heavy atom. The van der Waals surface area contributed by atoms with E-state index in [9.17, 15) is 19.1 Å². The molecule has 6 nitrogen and oxygen atoms in total. The van der Waals surface area contributed by atoms with Crippen LogP contribution in [0.2, 0.25) is 0 Å². The average Bonchev–Trinajstić information content (AvgIpc) is 2.91. The zero-order valence-corrected chi connectivity index (χ0v) is 15.7. The van der Waals surface area contributed by atoms with Gasteiger partial charge in [-0.2, -0.15) is 0 Å². The number of carbonyl (C=O) groups is 2. The molecule has 1 aliphatic carbocycles. The number of aryl methyl sites for hydroxylation is 1. The number of aliphatic hydroxyl groups excluding tert-OH is 1. The van der Waals surface area contributed by atoms with Gasteiger partial charge in [-0.1, -0.05) is 15.9 Å². The Kier molecular flexibility index (Phi) is 4.31. The van der Waals surface area contributed by atoms with Crippen molar-refractivity contribution in [1.29, 1.82) is 0 Å². The third-order valence-corrected chi connectivity index (χ3v) is 4.72. The molecule has 1 aromatic carbocycles. The Hall–Kier alpha value is -1.67. The van der Waals surface area contributed by atoms with Crippen LogP contribution in [0, 0.1) is 5.82 Å². The predicted octanol–water partition coefficient (Wildman–Crippen LogP) is 2.84. The van der Waals surface area contributed by atoms with Gasteiger partial charge < -0.3 is 14.6 Å². The molecule has 1 N–H and O–H groups in total. The van der Waals surface area contributed by atoms with E-state index in [1.54, 1.807) is 26.8 Å². The van der Waals surface area contributed by atoms with E-state index in [1.807, 2.05) is 0 Å². The van der Waals surface area contributed by atoms with E-state index in [1.165, 1.54) is 6.07 Å². The number of hydrogen-bond acceptors (Lipinski definition) is 5. The van der Waals surface area contributed by atoms with E-state index in [0.717, 1.165) is 4.90 Å². The molecule has 25 heavy (non-hydrogen) atoms. The number of fused-ring (bicyclic) bond motifs is 2. The molecule has 1 heterocycles. The Morgan fingerprint density at radius 1 is 1.52 bits per heavy atom. The van der Waals surface area contributed by atoms with Crippen LogP contribution in [0.15, 0.2) is 16.6 Å². The van der Waals surface area contributed by atoms with Crippen molar-refractivity contribution in [3.05, 3.63) is 33.5 Å². The number of esters is 1. The smallest absolute Gasteiger partial charge is 0.413 e. The molecule has 2 atom stereocenters. The predicted molar refractivity (Wildman–Crippen MR) is 89.1 cm³/mol. The number of nitrogens with zero attached hydrogens (tertiary/aromatic N) is 1.